The maximum absolute atomic E-state index is 12.4. The molecule has 2 aliphatic rings. The second-order valence-electron chi connectivity index (χ2n) is 7.56. The molecule has 0 radical (unpaired) electrons. The molecule has 1 unspecified atom stereocenters. The molecule has 0 aromatic carbocycles. The lowest BCUT2D eigenvalue weighted by atomic mass is 9.71. The van der Waals surface area contributed by atoms with E-state index in [1.165, 1.54) is 5.57 Å². The van der Waals surface area contributed by atoms with E-state index in [4.69, 9.17) is 4.74 Å². The number of likely N-dealkylation sites (tertiary alicyclic amines) is 2. The van der Waals surface area contributed by atoms with Gasteiger partial charge in [-0.05, 0) is 46.7 Å². The maximum atomic E-state index is 12.4. The molecule has 1 spiro atoms. The third-order valence-corrected chi connectivity index (χ3v) is 5.57. The Balaban J connectivity index is 1.98. The van der Waals surface area contributed by atoms with Crippen LogP contribution < -0.4 is 0 Å². The minimum absolute atomic E-state index is 0.0172. The van der Waals surface area contributed by atoms with Gasteiger partial charge in [-0.25, -0.2) is 0 Å². The summed E-state index contributed by atoms with van der Waals surface area (Å²) in [7, 11) is 0. The van der Waals surface area contributed by atoms with Crippen molar-refractivity contribution in [1.82, 2.24) is 9.80 Å². The quantitative estimate of drug-likeness (QED) is 0.561. The van der Waals surface area contributed by atoms with Gasteiger partial charge in [-0.15, -0.1) is 0 Å². The molecule has 2 rings (SSSR count). The van der Waals surface area contributed by atoms with Gasteiger partial charge in [0.2, 0.25) is 5.91 Å². The van der Waals surface area contributed by atoms with Crippen LogP contribution in [-0.4, -0.2) is 72.7 Å². The highest BCUT2D eigenvalue weighted by Crippen LogP contribution is 2.45. The number of carbonyl (C=O) groups is 2. The smallest absolute Gasteiger partial charge is 0.308 e. The maximum Gasteiger partial charge on any atom is 0.308 e. The third kappa shape index (κ3) is 5.05. The molecule has 142 valence electrons. The Bertz CT molecular complexity index is 506. The van der Waals surface area contributed by atoms with E-state index in [1.807, 2.05) is 6.92 Å². The molecular weight excluding hydrogens is 320 g/mol. The van der Waals surface area contributed by atoms with Crippen molar-refractivity contribution >= 4 is 11.9 Å². The highest BCUT2D eigenvalue weighted by atomic mass is 16.5. The molecule has 0 saturated carbocycles. The van der Waals surface area contributed by atoms with Crippen LogP contribution in [0.25, 0.3) is 0 Å². The van der Waals surface area contributed by atoms with Crippen LogP contribution in [0.1, 0.15) is 40.0 Å². The molecule has 2 aliphatic heterocycles. The highest BCUT2D eigenvalue weighted by molar-refractivity contribution is 5.79. The van der Waals surface area contributed by atoms with Gasteiger partial charge < -0.3 is 14.7 Å². The SMILES string of the molecule is CCOCCC(=O)N1CC(C(=O)O)C2(CCN(CC=C(C)C)CC2)C1. The lowest BCUT2D eigenvalue weighted by Gasteiger charge is -2.41. The number of carbonyl (C=O) groups excluding carboxylic acids is 1. The van der Waals surface area contributed by atoms with E-state index in [0.29, 0.717) is 32.7 Å². The first kappa shape index (κ1) is 19.9. The zero-order valence-electron chi connectivity index (χ0n) is 15.8. The van der Waals surface area contributed by atoms with Crippen LogP contribution in [0, 0.1) is 11.3 Å². The summed E-state index contributed by atoms with van der Waals surface area (Å²) in [6.07, 6.45) is 4.24. The molecule has 1 atom stereocenters. The summed E-state index contributed by atoms with van der Waals surface area (Å²) in [5, 5.41) is 9.70. The summed E-state index contributed by atoms with van der Waals surface area (Å²) in [4.78, 5) is 28.3. The molecule has 1 N–H and O–H groups in total. The highest BCUT2D eigenvalue weighted by Gasteiger charge is 2.52. The zero-order valence-corrected chi connectivity index (χ0v) is 15.8. The Kier molecular flexibility index (Phi) is 7.02. The number of hydrogen-bond acceptors (Lipinski definition) is 4. The summed E-state index contributed by atoms with van der Waals surface area (Å²) < 4.78 is 5.26. The minimum Gasteiger partial charge on any atom is -0.481 e. The Labute approximate surface area is 150 Å². The minimum atomic E-state index is -0.766. The summed E-state index contributed by atoms with van der Waals surface area (Å²) in [6, 6.07) is 0. The molecule has 6 heteroatoms. The van der Waals surface area contributed by atoms with Crippen LogP contribution in [0.3, 0.4) is 0 Å². The second kappa shape index (κ2) is 8.81. The number of carboxylic acids is 1. The van der Waals surface area contributed by atoms with Crippen molar-refractivity contribution in [2.24, 2.45) is 11.3 Å². The van der Waals surface area contributed by atoms with Crippen LogP contribution in [0.15, 0.2) is 11.6 Å². The van der Waals surface area contributed by atoms with Crippen molar-refractivity contribution < 1.29 is 19.4 Å². The van der Waals surface area contributed by atoms with Gasteiger partial charge in [0.1, 0.15) is 0 Å². The van der Waals surface area contributed by atoms with Crippen molar-refractivity contribution in [3.05, 3.63) is 11.6 Å². The summed E-state index contributed by atoms with van der Waals surface area (Å²) in [6.45, 7) is 10.7. The fourth-order valence-electron chi connectivity index (χ4n) is 3.96. The molecule has 0 bridgehead atoms. The molecular formula is C19H32N2O4. The van der Waals surface area contributed by atoms with Gasteiger partial charge in [-0.1, -0.05) is 11.6 Å². The van der Waals surface area contributed by atoms with Crippen molar-refractivity contribution in [2.45, 2.75) is 40.0 Å². The summed E-state index contributed by atoms with van der Waals surface area (Å²) in [5.74, 6) is -1.20. The van der Waals surface area contributed by atoms with E-state index in [9.17, 15) is 14.7 Å². The number of piperidine rings is 1. The molecule has 1 amide bonds. The molecule has 25 heavy (non-hydrogen) atoms. The normalized spacial score (nSPS) is 23.0. The molecule has 6 nitrogen and oxygen atoms in total. The number of nitrogens with zero attached hydrogens (tertiary/aromatic N) is 2. The monoisotopic (exact) mass is 352 g/mol. The van der Waals surface area contributed by atoms with Crippen molar-refractivity contribution in [3.63, 3.8) is 0 Å². The zero-order chi connectivity index (χ0) is 18.4. The molecule has 0 aromatic heterocycles. The van der Waals surface area contributed by atoms with E-state index >= 15 is 0 Å². The number of ether oxygens (including phenoxy) is 1. The third-order valence-electron chi connectivity index (χ3n) is 5.57. The number of amides is 1. The Morgan fingerprint density at radius 3 is 2.52 bits per heavy atom. The van der Waals surface area contributed by atoms with Gasteiger partial charge in [0, 0.05) is 31.7 Å². The fraction of sp³-hybridized carbons (Fsp3) is 0.789. The average molecular weight is 352 g/mol. The van der Waals surface area contributed by atoms with Crippen molar-refractivity contribution in [2.75, 3.05) is 45.9 Å². The summed E-state index contributed by atoms with van der Waals surface area (Å²) >= 11 is 0. The van der Waals surface area contributed by atoms with Crippen LogP contribution in [0.2, 0.25) is 0 Å². The lowest BCUT2D eigenvalue weighted by molar-refractivity contribution is -0.145. The van der Waals surface area contributed by atoms with Crippen LogP contribution in [0.5, 0.6) is 0 Å². The largest absolute Gasteiger partial charge is 0.481 e. The number of carboxylic acid groups (broad SMARTS) is 1. The average Bonchev–Trinajstić information content (AvgIpc) is 2.94. The van der Waals surface area contributed by atoms with Gasteiger partial charge in [0.05, 0.1) is 18.9 Å². The molecule has 2 saturated heterocycles. The van der Waals surface area contributed by atoms with E-state index in [1.54, 1.807) is 4.90 Å². The number of aliphatic carboxylic acids is 1. The first-order valence-corrected chi connectivity index (χ1v) is 9.32. The Morgan fingerprint density at radius 2 is 1.96 bits per heavy atom. The number of hydrogen-bond donors (Lipinski definition) is 1. The lowest BCUT2D eigenvalue weighted by Crippen LogP contribution is -2.46. The van der Waals surface area contributed by atoms with Crippen molar-refractivity contribution in [1.29, 1.82) is 0 Å². The standard InChI is InChI=1S/C19H32N2O4/c1-4-25-12-6-17(22)21-13-16(18(23)24)19(14-21)7-10-20(11-8-19)9-5-15(2)3/h5,16H,4,6-14H2,1-3H3,(H,23,24). The van der Waals surface area contributed by atoms with Crippen LogP contribution in [0.4, 0.5) is 0 Å². The Morgan fingerprint density at radius 1 is 1.28 bits per heavy atom. The van der Waals surface area contributed by atoms with E-state index in [2.05, 4.69) is 24.8 Å². The van der Waals surface area contributed by atoms with Crippen LogP contribution in [-0.2, 0) is 14.3 Å². The van der Waals surface area contributed by atoms with E-state index < -0.39 is 11.9 Å². The number of rotatable bonds is 7. The first-order chi connectivity index (χ1) is 11.9. The molecule has 2 fully saturated rings. The summed E-state index contributed by atoms with van der Waals surface area (Å²) in [5.41, 5.74) is 1.03. The van der Waals surface area contributed by atoms with Gasteiger partial charge in [-0.3, -0.25) is 14.5 Å². The van der Waals surface area contributed by atoms with E-state index in [0.717, 1.165) is 32.5 Å². The van der Waals surface area contributed by atoms with Gasteiger partial charge in [0.25, 0.3) is 0 Å². The van der Waals surface area contributed by atoms with Gasteiger partial charge in [0.15, 0.2) is 0 Å². The van der Waals surface area contributed by atoms with Crippen molar-refractivity contribution in [3.8, 4) is 0 Å². The van der Waals surface area contributed by atoms with Gasteiger partial charge >= 0.3 is 5.97 Å². The van der Waals surface area contributed by atoms with Gasteiger partial charge in [-0.2, -0.15) is 0 Å². The molecule has 0 aromatic rings. The second-order valence-corrected chi connectivity index (χ2v) is 7.56. The van der Waals surface area contributed by atoms with E-state index in [-0.39, 0.29) is 11.3 Å². The predicted octanol–water partition coefficient (Wildman–Crippen LogP) is 2.00. The first-order valence-electron chi connectivity index (χ1n) is 9.32. The predicted molar refractivity (Wildman–Crippen MR) is 96.4 cm³/mol. The van der Waals surface area contributed by atoms with Crippen LogP contribution >= 0.6 is 0 Å². The fourth-order valence-corrected chi connectivity index (χ4v) is 3.96. The Hall–Kier alpha value is -1.40. The molecule has 0 aliphatic carbocycles. The molecule has 2 heterocycles. The number of allylic oxidation sites excluding steroid dienone is 1. The topological polar surface area (TPSA) is 70.1 Å².